The minimum atomic E-state index is -0.541. The second-order valence-electron chi connectivity index (χ2n) is 4.82. The van der Waals surface area contributed by atoms with Gasteiger partial charge in [0.15, 0.2) is 0 Å². The molecule has 1 aromatic rings. The molecular formula is C13H16F2O. The fraction of sp³-hybridized carbons (Fsp3) is 0.538. The Morgan fingerprint density at radius 3 is 2.12 bits per heavy atom. The van der Waals surface area contributed by atoms with E-state index in [2.05, 4.69) is 0 Å². The summed E-state index contributed by atoms with van der Waals surface area (Å²) in [5, 5.41) is 9.43. The Morgan fingerprint density at radius 2 is 1.62 bits per heavy atom. The van der Waals surface area contributed by atoms with Crippen LogP contribution >= 0.6 is 0 Å². The summed E-state index contributed by atoms with van der Waals surface area (Å²) in [4.78, 5) is 0. The van der Waals surface area contributed by atoms with Gasteiger partial charge in [-0.3, -0.25) is 0 Å². The van der Waals surface area contributed by atoms with Crippen molar-refractivity contribution >= 4 is 0 Å². The van der Waals surface area contributed by atoms with Crippen LogP contribution in [0.25, 0.3) is 0 Å². The average Bonchev–Trinajstić information content (AvgIpc) is 2.65. The van der Waals surface area contributed by atoms with Crippen molar-refractivity contribution in [3.63, 3.8) is 0 Å². The zero-order valence-electron chi connectivity index (χ0n) is 9.18. The largest absolute Gasteiger partial charge is 0.396 e. The van der Waals surface area contributed by atoms with Crippen molar-refractivity contribution in [2.24, 2.45) is 5.41 Å². The van der Waals surface area contributed by atoms with Crippen LogP contribution in [0.2, 0.25) is 0 Å². The average molecular weight is 226 g/mol. The lowest BCUT2D eigenvalue weighted by Crippen LogP contribution is -2.24. The van der Waals surface area contributed by atoms with Crippen molar-refractivity contribution in [1.29, 1.82) is 0 Å². The topological polar surface area (TPSA) is 20.2 Å². The van der Waals surface area contributed by atoms with Crippen LogP contribution in [0.5, 0.6) is 0 Å². The quantitative estimate of drug-likeness (QED) is 0.839. The predicted octanol–water partition coefficient (Wildman–Crippen LogP) is 3.06. The third kappa shape index (κ3) is 2.40. The second kappa shape index (κ2) is 4.50. The van der Waals surface area contributed by atoms with Crippen molar-refractivity contribution in [1.82, 2.24) is 0 Å². The first kappa shape index (κ1) is 11.5. The lowest BCUT2D eigenvalue weighted by atomic mass is 9.81. The van der Waals surface area contributed by atoms with Crippen LogP contribution in [-0.2, 0) is 6.42 Å². The molecule has 1 aliphatic rings. The summed E-state index contributed by atoms with van der Waals surface area (Å²) >= 11 is 0. The summed E-state index contributed by atoms with van der Waals surface area (Å²) in [5.41, 5.74) is 0.494. The molecule has 0 radical (unpaired) electrons. The number of aliphatic hydroxyl groups is 1. The predicted molar refractivity (Wildman–Crippen MR) is 58.0 cm³/mol. The van der Waals surface area contributed by atoms with Gasteiger partial charge in [-0.05, 0) is 42.4 Å². The van der Waals surface area contributed by atoms with Gasteiger partial charge in [-0.15, -0.1) is 0 Å². The first-order valence-electron chi connectivity index (χ1n) is 5.69. The number of aliphatic hydroxyl groups excluding tert-OH is 1. The standard InChI is InChI=1S/C13H16F2O/c14-11-5-10(6-12(15)7-11)8-13(9-16)3-1-2-4-13/h5-7,16H,1-4,8-9H2. The van der Waals surface area contributed by atoms with E-state index in [1.165, 1.54) is 12.1 Å². The number of hydrogen-bond donors (Lipinski definition) is 1. The summed E-state index contributed by atoms with van der Waals surface area (Å²) in [6.45, 7) is 0.102. The molecule has 1 aliphatic carbocycles. The van der Waals surface area contributed by atoms with Crippen molar-refractivity contribution in [2.75, 3.05) is 6.61 Å². The molecule has 1 N–H and O–H groups in total. The van der Waals surface area contributed by atoms with E-state index in [-0.39, 0.29) is 12.0 Å². The van der Waals surface area contributed by atoms with Crippen molar-refractivity contribution in [2.45, 2.75) is 32.1 Å². The van der Waals surface area contributed by atoms with Gasteiger partial charge in [-0.1, -0.05) is 12.8 Å². The van der Waals surface area contributed by atoms with E-state index < -0.39 is 11.6 Å². The van der Waals surface area contributed by atoms with Crippen LogP contribution in [0.4, 0.5) is 8.78 Å². The summed E-state index contributed by atoms with van der Waals surface area (Å²) in [6, 6.07) is 3.60. The molecule has 0 saturated heterocycles. The highest BCUT2D eigenvalue weighted by Gasteiger charge is 2.33. The highest BCUT2D eigenvalue weighted by atomic mass is 19.1. The van der Waals surface area contributed by atoms with Gasteiger partial charge in [0.05, 0.1) is 0 Å². The van der Waals surface area contributed by atoms with Crippen LogP contribution < -0.4 is 0 Å². The normalized spacial score (nSPS) is 18.9. The molecular weight excluding hydrogens is 210 g/mol. The summed E-state index contributed by atoms with van der Waals surface area (Å²) < 4.78 is 26.1. The molecule has 0 aliphatic heterocycles. The van der Waals surface area contributed by atoms with Gasteiger partial charge in [0.25, 0.3) is 0 Å². The Morgan fingerprint density at radius 1 is 1.06 bits per heavy atom. The van der Waals surface area contributed by atoms with Gasteiger partial charge < -0.3 is 5.11 Å². The van der Waals surface area contributed by atoms with E-state index >= 15 is 0 Å². The molecule has 1 saturated carbocycles. The summed E-state index contributed by atoms with van der Waals surface area (Å²) in [5.74, 6) is -1.08. The number of hydrogen-bond acceptors (Lipinski definition) is 1. The maximum atomic E-state index is 13.0. The van der Waals surface area contributed by atoms with E-state index in [1.807, 2.05) is 0 Å². The maximum absolute atomic E-state index is 13.0. The first-order chi connectivity index (χ1) is 7.63. The van der Waals surface area contributed by atoms with Crippen LogP contribution in [0.15, 0.2) is 18.2 Å². The fourth-order valence-electron chi connectivity index (χ4n) is 2.66. The molecule has 2 rings (SSSR count). The fourth-order valence-corrected chi connectivity index (χ4v) is 2.66. The highest BCUT2D eigenvalue weighted by Crippen LogP contribution is 2.40. The Hall–Kier alpha value is -0.960. The van der Waals surface area contributed by atoms with E-state index in [0.717, 1.165) is 31.7 Å². The monoisotopic (exact) mass is 226 g/mol. The molecule has 0 unspecified atom stereocenters. The van der Waals surface area contributed by atoms with Crippen LogP contribution in [0, 0.1) is 17.0 Å². The number of halogens is 2. The number of benzene rings is 1. The molecule has 1 nitrogen and oxygen atoms in total. The SMILES string of the molecule is OCC1(Cc2cc(F)cc(F)c2)CCCC1. The Labute approximate surface area is 94.1 Å². The molecule has 1 fully saturated rings. The molecule has 0 aromatic heterocycles. The third-order valence-corrected chi connectivity index (χ3v) is 3.50. The van der Waals surface area contributed by atoms with Crippen LogP contribution in [0.1, 0.15) is 31.2 Å². The Kier molecular flexibility index (Phi) is 3.24. The van der Waals surface area contributed by atoms with Crippen LogP contribution in [-0.4, -0.2) is 11.7 Å². The molecule has 0 spiro atoms. The summed E-state index contributed by atoms with van der Waals surface area (Å²) in [6.07, 6.45) is 4.65. The molecule has 0 heterocycles. The van der Waals surface area contributed by atoms with E-state index in [4.69, 9.17) is 0 Å². The zero-order valence-corrected chi connectivity index (χ0v) is 9.18. The molecule has 3 heteroatoms. The van der Waals surface area contributed by atoms with Crippen molar-refractivity contribution in [3.8, 4) is 0 Å². The number of rotatable bonds is 3. The maximum Gasteiger partial charge on any atom is 0.126 e. The van der Waals surface area contributed by atoms with E-state index in [0.29, 0.717) is 12.0 Å². The first-order valence-corrected chi connectivity index (χ1v) is 5.69. The Bertz CT molecular complexity index is 350. The molecule has 88 valence electrons. The van der Waals surface area contributed by atoms with E-state index in [1.54, 1.807) is 0 Å². The van der Waals surface area contributed by atoms with Gasteiger partial charge in [-0.25, -0.2) is 8.78 Å². The lowest BCUT2D eigenvalue weighted by molar-refractivity contribution is 0.130. The van der Waals surface area contributed by atoms with Crippen molar-refractivity contribution < 1.29 is 13.9 Å². The minimum absolute atomic E-state index is 0.102. The molecule has 16 heavy (non-hydrogen) atoms. The highest BCUT2D eigenvalue weighted by molar-refractivity contribution is 5.19. The molecule has 0 bridgehead atoms. The third-order valence-electron chi connectivity index (χ3n) is 3.50. The minimum Gasteiger partial charge on any atom is -0.396 e. The van der Waals surface area contributed by atoms with E-state index in [9.17, 15) is 13.9 Å². The Balaban J connectivity index is 2.18. The van der Waals surface area contributed by atoms with Crippen LogP contribution in [0.3, 0.4) is 0 Å². The lowest BCUT2D eigenvalue weighted by Gasteiger charge is -2.26. The van der Waals surface area contributed by atoms with Gasteiger partial charge in [0.2, 0.25) is 0 Å². The van der Waals surface area contributed by atoms with Gasteiger partial charge in [-0.2, -0.15) is 0 Å². The zero-order chi connectivity index (χ0) is 11.6. The second-order valence-corrected chi connectivity index (χ2v) is 4.82. The smallest absolute Gasteiger partial charge is 0.126 e. The summed E-state index contributed by atoms with van der Waals surface area (Å²) in [7, 11) is 0. The van der Waals surface area contributed by atoms with Crippen molar-refractivity contribution in [3.05, 3.63) is 35.4 Å². The molecule has 0 atom stereocenters. The molecule has 0 amide bonds. The molecule has 1 aromatic carbocycles. The van der Waals surface area contributed by atoms with Gasteiger partial charge in [0, 0.05) is 12.7 Å². The van der Waals surface area contributed by atoms with Gasteiger partial charge in [0.1, 0.15) is 11.6 Å². The van der Waals surface area contributed by atoms with Gasteiger partial charge >= 0.3 is 0 Å².